The maximum Gasteiger partial charge on any atom is 0.240 e. The predicted octanol–water partition coefficient (Wildman–Crippen LogP) is 2.76. The van der Waals surface area contributed by atoms with Gasteiger partial charge in [0.05, 0.1) is 12.0 Å². The second-order valence-corrected chi connectivity index (χ2v) is 7.99. The molecule has 0 spiro atoms. The van der Waals surface area contributed by atoms with Crippen LogP contribution in [-0.4, -0.2) is 46.6 Å². The molecule has 5 nitrogen and oxygen atoms in total. The van der Waals surface area contributed by atoms with E-state index in [-0.39, 0.29) is 0 Å². The third-order valence-corrected chi connectivity index (χ3v) is 5.98. The molecular formula is C20H24N2O3S. The quantitative estimate of drug-likeness (QED) is 0.812. The summed E-state index contributed by atoms with van der Waals surface area (Å²) in [4.78, 5) is 2.55. The summed E-state index contributed by atoms with van der Waals surface area (Å²) in [6, 6.07) is 16.6. The molecule has 0 atom stereocenters. The Bertz CT molecular complexity index is 864. The highest BCUT2D eigenvalue weighted by molar-refractivity contribution is 7.89. The van der Waals surface area contributed by atoms with Gasteiger partial charge in [0, 0.05) is 26.2 Å². The van der Waals surface area contributed by atoms with Crippen molar-refractivity contribution < 1.29 is 13.2 Å². The largest absolute Gasteiger partial charge is 0.497 e. The highest BCUT2D eigenvalue weighted by Crippen LogP contribution is 2.25. The first-order valence-electron chi connectivity index (χ1n) is 8.69. The van der Waals surface area contributed by atoms with E-state index in [0.717, 1.165) is 25.3 Å². The summed E-state index contributed by atoms with van der Waals surface area (Å²) >= 11 is 0. The first-order chi connectivity index (χ1) is 12.6. The van der Waals surface area contributed by atoms with E-state index < -0.39 is 10.0 Å². The fourth-order valence-electron chi connectivity index (χ4n) is 3.02. The lowest BCUT2D eigenvalue weighted by molar-refractivity contribution is 0.306. The maximum atomic E-state index is 12.2. The van der Waals surface area contributed by atoms with Crippen LogP contribution < -0.4 is 9.46 Å². The van der Waals surface area contributed by atoms with Crippen molar-refractivity contribution in [2.24, 2.45) is 0 Å². The first kappa shape index (κ1) is 18.6. The number of hydrogen-bond acceptors (Lipinski definition) is 4. The molecule has 0 saturated carbocycles. The average molecular weight is 372 g/mol. The van der Waals surface area contributed by atoms with Gasteiger partial charge in [-0.25, -0.2) is 13.1 Å². The summed E-state index contributed by atoms with van der Waals surface area (Å²) in [6.45, 7) is 2.82. The van der Waals surface area contributed by atoms with Crippen molar-refractivity contribution in [1.82, 2.24) is 9.62 Å². The standard InChI is InChI=1S/C20H24N2O3S/c1-25-19-7-5-6-18(16-19)17-10-13-22(14-11-17)15-12-21-26(23,24)20-8-3-2-4-9-20/h2-10,16,21H,11-15H2,1H3. The molecular weight excluding hydrogens is 348 g/mol. The minimum Gasteiger partial charge on any atom is -0.497 e. The van der Waals surface area contributed by atoms with Crippen molar-refractivity contribution in [3.63, 3.8) is 0 Å². The zero-order valence-corrected chi connectivity index (χ0v) is 15.7. The van der Waals surface area contributed by atoms with Gasteiger partial charge in [0.1, 0.15) is 5.75 Å². The molecule has 1 aliphatic heterocycles. The van der Waals surface area contributed by atoms with E-state index in [4.69, 9.17) is 4.74 Å². The summed E-state index contributed by atoms with van der Waals surface area (Å²) in [5, 5.41) is 0. The van der Waals surface area contributed by atoms with Crippen LogP contribution in [0.5, 0.6) is 5.75 Å². The van der Waals surface area contributed by atoms with Crippen molar-refractivity contribution in [1.29, 1.82) is 0 Å². The van der Waals surface area contributed by atoms with Crippen LogP contribution in [0.15, 0.2) is 65.6 Å². The van der Waals surface area contributed by atoms with Crippen molar-refractivity contribution in [2.75, 3.05) is 33.3 Å². The van der Waals surface area contributed by atoms with E-state index >= 15 is 0 Å². The lowest BCUT2D eigenvalue weighted by Gasteiger charge is -2.26. The highest BCUT2D eigenvalue weighted by atomic mass is 32.2. The molecule has 2 aromatic carbocycles. The van der Waals surface area contributed by atoms with E-state index in [1.165, 1.54) is 11.1 Å². The topological polar surface area (TPSA) is 58.6 Å². The van der Waals surface area contributed by atoms with Crippen LogP contribution in [-0.2, 0) is 10.0 Å². The van der Waals surface area contributed by atoms with Gasteiger partial charge < -0.3 is 4.74 Å². The number of methoxy groups -OCH3 is 1. The minimum atomic E-state index is -3.43. The number of ether oxygens (including phenoxy) is 1. The van der Waals surface area contributed by atoms with Crippen molar-refractivity contribution in [3.05, 3.63) is 66.2 Å². The van der Waals surface area contributed by atoms with Crippen molar-refractivity contribution >= 4 is 15.6 Å². The molecule has 2 aromatic rings. The van der Waals surface area contributed by atoms with Gasteiger partial charge in [-0.15, -0.1) is 0 Å². The predicted molar refractivity (Wildman–Crippen MR) is 104 cm³/mol. The molecule has 138 valence electrons. The second-order valence-electron chi connectivity index (χ2n) is 6.22. The number of nitrogens with zero attached hydrogens (tertiary/aromatic N) is 1. The molecule has 1 heterocycles. The summed E-state index contributed by atoms with van der Waals surface area (Å²) in [7, 11) is -1.76. The third kappa shape index (κ3) is 4.72. The molecule has 0 saturated heterocycles. The smallest absolute Gasteiger partial charge is 0.240 e. The SMILES string of the molecule is COc1cccc(C2=CCN(CCNS(=O)(=O)c3ccccc3)CC2)c1. The Hall–Kier alpha value is -2.15. The zero-order chi connectivity index (χ0) is 18.4. The highest BCUT2D eigenvalue weighted by Gasteiger charge is 2.16. The van der Waals surface area contributed by atoms with Crippen LogP contribution in [0.4, 0.5) is 0 Å². The van der Waals surface area contributed by atoms with Crippen LogP contribution in [0.1, 0.15) is 12.0 Å². The Kier molecular flexibility index (Phi) is 6.08. The number of nitrogens with one attached hydrogen (secondary N) is 1. The molecule has 1 N–H and O–H groups in total. The van der Waals surface area contributed by atoms with Crippen molar-refractivity contribution in [2.45, 2.75) is 11.3 Å². The van der Waals surface area contributed by atoms with E-state index in [2.05, 4.69) is 27.8 Å². The molecule has 0 bridgehead atoms. The Morgan fingerprint density at radius 3 is 2.62 bits per heavy atom. The Balaban J connectivity index is 1.52. The van der Waals surface area contributed by atoms with Crippen LogP contribution >= 0.6 is 0 Å². The summed E-state index contributed by atoms with van der Waals surface area (Å²) in [6.07, 6.45) is 3.16. The van der Waals surface area contributed by atoms with Crippen LogP contribution in [0.25, 0.3) is 5.57 Å². The summed E-state index contributed by atoms with van der Waals surface area (Å²) in [5.41, 5.74) is 2.50. The van der Waals surface area contributed by atoms with Crippen LogP contribution in [0, 0.1) is 0 Å². The van der Waals surface area contributed by atoms with Crippen molar-refractivity contribution in [3.8, 4) is 5.75 Å². The lowest BCUT2D eigenvalue weighted by atomic mass is 9.99. The normalized spacial score (nSPS) is 15.5. The molecule has 26 heavy (non-hydrogen) atoms. The Labute approximate surface area is 155 Å². The average Bonchev–Trinajstić information content (AvgIpc) is 2.69. The second kappa shape index (κ2) is 8.49. The number of hydrogen-bond donors (Lipinski definition) is 1. The molecule has 0 fully saturated rings. The van der Waals surface area contributed by atoms with Gasteiger partial charge in [-0.05, 0) is 41.8 Å². The van der Waals surface area contributed by atoms with Gasteiger partial charge in [0.15, 0.2) is 0 Å². The van der Waals surface area contributed by atoms with E-state index in [1.807, 2.05) is 12.1 Å². The van der Waals surface area contributed by atoms with Gasteiger partial charge in [-0.2, -0.15) is 0 Å². The van der Waals surface area contributed by atoms with E-state index in [9.17, 15) is 8.42 Å². The van der Waals surface area contributed by atoms with Gasteiger partial charge >= 0.3 is 0 Å². The van der Waals surface area contributed by atoms with Crippen LogP contribution in [0.2, 0.25) is 0 Å². The molecule has 0 unspecified atom stereocenters. The van der Waals surface area contributed by atoms with E-state index in [0.29, 0.717) is 18.0 Å². The van der Waals surface area contributed by atoms with Gasteiger partial charge in [-0.3, -0.25) is 4.90 Å². The molecule has 6 heteroatoms. The Morgan fingerprint density at radius 1 is 1.12 bits per heavy atom. The monoisotopic (exact) mass is 372 g/mol. The molecule has 1 aliphatic rings. The van der Waals surface area contributed by atoms with Gasteiger partial charge in [0.2, 0.25) is 10.0 Å². The number of benzene rings is 2. The van der Waals surface area contributed by atoms with Crippen LogP contribution in [0.3, 0.4) is 0 Å². The first-order valence-corrected chi connectivity index (χ1v) is 10.2. The fraction of sp³-hybridized carbons (Fsp3) is 0.300. The number of sulfonamides is 1. The molecule has 3 rings (SSSR count). The zero-order valence-electron chi connectivity index (χ0n) is 14.9. The molecule has 0 aliphatic carbocycles. The fourth-order valence-corrected chi connectivity index (χ4v) is 4.06. The maximum absolute atomic E-state index is 12.2. The molecule has 0 amide bonds. The molecule has 0 aromatic heterocycles. The number of rotatable bonds is 7. The van der Waals surface area contributed by atoms with Gasteiger partial charge in [-0.1, -0.05) is 36.4 Å². The van der Waals surface area contributed by atoms with Gasteiger partial charge in [0.25, 0.3) is 0 Å². The molecule has 0 radical (unpaired) electrons. The minimum absolute atomic E-state index is 0.304. The summed E-state index contributed by atoms with van der Waals surface area (Å²) in [5.74, 6) is 0.862. The van der Waals surface area contributed by atoms with E-state index in [1.54, 1.807) is 37.4 Å². The third-order valence-electron chi connectivity index (χ3n) is 4.51. The Morgan fingerprint density at radius 2 is 1.92 bits per heavy atom. The summed E-state index contributed by atoms with van der Waals surface area (Å²) < 4.78 is 32.4. The lowest BCUT2D eigenvalue weighted by Crippen LogP contribution is -2.37.